The van der Waals surface area contributed by atoms with E-state index in [2.05, 4.69) is 25.7 Å². The molecule has 2 aromatic rings. The summed E-state index contributed by atoms with van der Waals surface area (Å²) in [6.45, 7) is 0.289. The number of nitrogens with zero attached hydrogens (tertiary/aromatic N) is 4. The van der Waals surface area contributed by atoms with Gasteiger partial charge < -0.3 is 10.6 Å². The maximum absolute atomic E-state index is 12.0. The summed E-state index contributed by atoms with van der Waals surface area (Å²) in [5.74, 6) is 0.362. The van der Waals surface area contributed by atoms with Crippen molar-refractivity contribution in [2.75, 3.05) is 12.4 Å². The second kappa shape index (κ2) is 5.26. The molecule has 7 heteroatoms. The Hall–Kier alpha value is -2.44. The van der Waals surface area contributed by atoms with E-state index >= 15 is 0 Å². The normalized spacial score (nSPS) is 10.1. The van der Waals surface area contributed by atoms with E-state index in [1.165, 1.54) is 6.20 Å². The summed E-state index contributed by atoms with van der Waals surface area (Å²) in [4.78, 5) is 19.9. The van der Waals surface area contributed by atoms with E-state index in [1.54, 1.807) is 37.4 Å². The third-order valence-electron chi connectivity index (χ3n) is 2.39. The summed E-state index contributed by atoms with van der Waals surface area (Å²) in [6, 6.07) is 1.74. The highest BCUT2D eigenvalue weighted by Gasteiger charge is 2.11. The molecular weight excluding hydrogens is 232 g/mol. The molecule has 94 valence electrons. The number of rotatable bonds is 4. The molecule has 2 aromatic heterocycles. The smallest absolute Gasteiger partial charge is 0.255 e. The summed E-state index contributed by atoms with van der Waals surface area (Å²) in [6.07, 6.45) is 4.74. The van der Waals surface area contributed by atoms with Crippen LogP contribution in [0.3, 0.4) is 0 Å². The molecule has 0 aliphatic rings. The Balaban J connectivity index is 2.03. The van der Waals surface area contributed by atoms with Crippen LogP contribution in [0.15, 0.2) is 24.8 Å². The quantitative estimate of drug-likeness (QED) is 0.804. The predicted molar refractivity (Wildman–Crippen MR) is 66.0 cm³/mol. The van der Waals surface area contributed by atoms with Crippen LogP contribution in [0.1, 0.15) is 16.2 Å². The van der Waals surface area contributed by atoms with Gasteiger partial charge in [0.2, 0.25) is 0 Å². The third kappa shape index (κ3) is 2.62. The van der Waals surface area contributed by atoms with Crippen molar-refractivity contribution in [3.63, 3.8) is 0 Å². The zero-order chi connectivity index (χ0) is 13.0. The SMILES string of the molecule is CNc1ccncc1C(=O)NCc1ncn(C)n1. The molecule has 2 rings (SSSR count). The minimum Gasteiger partial charge on any atom is -0.387 e. The van der Waals surface area contributed by atoms with Crippen LogP contribution >= 0.6 is 0 Å². The highest BCUT2D eigenvalue weighted by Crippen LogP contribution is 2.12. The molecule has 18 heavy (non-hydrogen) atoms. The number of aromatic nitrogens is 4. The second-order valence-electron chi connectivity index (χ2n) is 3.69. The van der Waals surface area contributed by atoms with Gasteiger partial charge in [0.1, 0.15) is 6.33 Å². The van der Waals surface area contributed by atoms with Crippen LogP contribution in [0.4, 0.5) is 5.69 Å². The van der Waals surface area contributed by atoms with Gasteiger partial charge in [-0.25, -0.2) is 4.98 Å². The first kappa shape index (κ1) is 12.0. The van der Waals surface area contributed by atoms with Crippen molar-refractivity contribution in [1.29, 1.82) is 0 Å². The Kier molecular flexibility index (Phi) is 3.52. The lowest BCUT2D eigenvalue weighted by molar-refractivity contribution is 0.0950. The van der Waals surface area contributed by atoms with Crippen molar-refractivity contribution in [1.82, 2.24) is 25.1 Å². The first-order valence-corrected chi connectivity index (χ1v) is 5.45. The number of aryl methyl sites for hydroxylation is 1. The molecule has 7 nitrogen and oxygen atoms in total. The van der Waals surface area contributed by atoms with Crippen LogP contribution in [0.5, 0.6) is 0 Å². The minimum absolute atomic E-state index is 0.208. The molecule has 0 aliphatic heterocycles. The number of pyridine rings is 1. The van der Waals surface area contributed by atoms with E-state index in [-0.39, 0.29) is 12.5 Å². The Morgan fingerprint density at radius 1 is 1.50 bits per heavy atom. The van der Waals surface area contributed by atoms with Gasteiger partial charge in [0.05, 0.1) is 12.1 Å². The predicted octanol–water partition coefficient (Wildman–Crippen LogP) is 0.182. The maximum Gasteiger partial charge on any atom is 0.255 e. The van der Waals surface area contributed by atoms with E-state index in [9.17, 15) is 4.79 Å². The molecule has 0 aromatic carbocycles. The third-order valence-corrected chi connectivity index (χ3v) is 2.39. The van der Waals surface area contributed by atoms with Gasteiger partial charge in [0.15, 0.2) is 5.82 Å². The average molecular weight is 246 g/mol. The van der Waals surface area contributed by atoms with Gasteiger partial charge in [0, 0.05) is 32.2 Å². The number of amides is 1. The molecule has 2 heterocycles. The molecule has 1 amide bonds. The molecule has 0 fully saturated rings. The molecule has 0 bridgehead atoms. The number of nitrogens with one attached hydrogen (secondary N) is 2. The van der Waals surface area contributed by atoms with E-state index in [0.29, 0.717) is 11.4 Å². The zero-order valence-electron chi connectivity index (χ0n) is 10.2. The lowest BCUT2D eigenvalue weighted by atomic mass is 10.2. The first-order valence-electron chi connectivity index (χ1n) is 5.45. The van der Waals surface area contributed by atoms with Crippen LogP contribution in [0.25, 0.3) is 0 Å². The Bertz CT molecular complexity index is 550. The molecular formula is C11H14N6O. The topological polar surface area (TPSA) is 84.7 Å². The van der Waals surface area contributed by atoms with Crippen molar-refractivity contribution >= 4 is 11.6 Å². The van der Waals surface area contributed by atoms with Crippen molar-refractivity contribution < 1.29 is 4.79 Å². The van der Waals surface area contributed by atoms with Gasteiger partial charge in [-0.05, 0) is 6.07 Å². The minimum atomic E-state index is -0.208. The monoisotopic (exact) mass is 246 g/mol. The molecule has 2 N–H and O–H groups in total. The molecule has 0 spiro atoms. The van der Waals surface area contributed by atoms with Gasteiger partial charge in [-0.2, -0.15) is 5.10 Å². The lowest BCUT2D eigenvalue weighted by Gasteiger charge is -2.07. The average Bonchev–Trinajstić information content (AvgIpc) is 2.81. The molecule has 0 saturated carbocycles. The first-order chi connectivity index (χ1) is 8.70. The molecule has 0 unspecified atom stereocenters. The van der Waals surface area contributed by atoms with E-state index in [4.69, 9.17) is 0 Å². The highest BCUT2D eigenvalue weighted by atomic mass is 16.1. The fourth-order valence-corrected chi connectivity index (χ4v) is 1.51. The van der Waals surface area contributed by atoms with E-state index in [0.717, 1.165) is 5.69 Å². The van der Waals surface area contributed by atoms with Crippen LogP contribution in [0, 0.1) is 0 Å². The van der Waals surface area contributed by atoms with Gasteiger partial charge >= 0.3 is 0 Å². The summed E-state index contributed by atoms with van der Waals surface area (Å²) >= 11 is 0. The molecule has 0 atom stereocenters. The van der Waals surface area contributed by atoms with Crippen molar-refractivity contribution in [2.45, 2.75) is 6.54 Å². The summed E-state index contributed by atoms with van der Waals surface area (Å²) in [5.41, 5.74) is 1.23. The standard InChI is InChI=1S/C11H14N6O/c1-12-9-3-4-13-5-8(9)11(18)14-6-10-15-7-17(2)16-10/h3-5,7H,6H2,1-2H3,(H,12,13)(H,14,18). The highest BCUT2D eigenvalue weighted by molar-refractivity contribution is 5.99. The van der Waals surface area contributed by atoms with E-state index < -0.39 is 0 Å². The number of anilines is 1. The summed E-state index contributed by atoms with van der Waals surface area (Å²) in [5, 5.41) is 9.77. The molecule has 0 saturated heterocycles. The lowest BCUT2D eigenvalue weighted by Crippen LogP contribution is -2.24. The summed E-state index contributed by atoms with van der Waals surface area (Å²) < 4.78 is 1.59. The fraction of sp³-hybridized carbons (Fsp3) is 0.273. The number of hydrogen-bond acceptors (Lipinski definition) is 5. The number of carbonyl (C=O) groups excluding carboxylic acids is 1. The fourth-order valence-electron chi connectivity index (χ4n) is 1.51. The van der Waals surface area contributed by atoms with Crippen molar-refractivity contribution in [3.8, 4) is 0 Å². The maximum atomic E-state index is 12.0. The largest absolute Gasteiger partial charge is 0.387 e. The van der Waals surface area contributed by atoms with E-state index in [1.807, 2.05) is 0 Å². The van der Waals surface area contributed by atoms with Crippen LogP contribution in [-0.2, 0) is 13.6 Å². The molecule has 0 radical (unpaired) electrons. The van der Waals surface area contributed by atoms with Crippen molar-refractivity contribution in [2.24, 2.45) is 7.05 Å². The molecule has 0 aliphatic carbocycles. The van der Waals surface area contributed by atoms with Gasteiger partial charge in [-0.15, -0.1) is 0 Å². The Morgan fingerprint density at radius 3 is 3.00 bits per heavy atom. The number of carbonyl (C=O) groups is 1. The van der Waals surface area contributed by atoms with Gasteiger partial charge in [-0.1, -0.05) is 0 Å². The Labute approximate surface area is 104 Å². The van der Waals surface area contributed by atoms with Crippen molar-refractivity contribution in [3.05, 3.63) is 36.2 Å². The summed E-state index contributed by atoms with van der Waals surface area (Å²) in [7, 11) is 3.53. The second-order valence-corrected chi connectivity index (χ2v) is 3.69. The van der Waals surface area contributed by atoms with Gasteiger partial charge in [0.25, 0.3) is 5.91 Å². The van der Waals surface area contributed by atoms with Crippen LogP contribution in [-0.4, -0.2) is 32.7 Å². The van der Waals surface area contributed by atoms with Crippen LogP contribution < -0.4 is 10.6 Å². The number of hydrogen-bond donors (Lipinski definition) is 2. The van der Waals surface area contributed by atoms with Crippen LogP contribution in [0.2, 0.25) is 0 Å². The van der Waals surface area contributed by atoms with Gasteiger partial charge in [-0.3, -0.25) is 14.5 Å². The Morgan fingerprint density at radius 2 is 2.33 bits per heavy atom. The zero-order valence-corrected chi connectivity index (χ0v) is 10.2.